The van der Waals surface area contributed by atoms with E-state index in [2.05, 4.69) is 26.2 Å². The lowest BCUT2D eigenvalue weighted by Gasteiger charge is -2.06. The molecule has 0 atom stereocenters. The quantitative estimate of drug-likeness (QED) is 0.646. The van der Waals surface area contributed by atoms with Crippen LogP contribution in [0.3, 0.4) is 0 Å². The van der Waals surface area contributed by atoms with Gasteiger partial charge in [0.2, 0.25) is 5.88 Å². The number of rotatable bonds is 4. The van der Waals surface area contributed by atoms with Gasteiger partial charge in [-0.3, -0.25) is 4.79 Å². The summed E-state index contributed by atoms with van der Waals surface area (Å²) >= 11 is 3.37. The monoisotopic (exact) mass is 401 g/mol. The number of azo groups is 1. The van der Waals surface area contributed by atoms with Crippen molar-refractivity contribution in [2.24, 2.45) is 17.3 Å². The standard InChI is InChI=1S/C18H16BrN3O3/c1-11-9-12(19)7-8-15(11)25-10-16(23)20-21-17-13-5-3-4-6-14(13)22(2)18(17)24/h3-9,24H,10H2,1-2H3. The molecule has 25 heavy (non-hydrogen) atoms. The molecule has 0 radical (unpaired) electrons. The van der Waals surface area contributed by atoms with E-state index in [9.17, 15) is 9.90 Å². The number of para-hydroxylation sites is 1. The van der Waals surface area contributed by atoms with Gasteiger partial charge in [-0.15, -0.1) is 10.2 Å². The maximum atomic E-state index is 11.9. The van der Waals surface area contributed by atoms with Crippen LogP contribution in [0.5, 0.6) is 11.6 Å². The van der Waals surface area contributed by atoms with Gasteiger partial charge in [0, 0.05) is 16.9 Å². The SMILES string of the molecule is Cc1cc(Br)ccc1OCC(=O)N=Nc1c(O)n(C)c2ccccc12. The molecule has 3 rings (SSSR count). The molecule has 0 bridgehead atoms. The van der Waals surface area contributed by atoms with E-state index in [1.807, 2.05) is 43.3 Å². The second-order valence-corrected chi connectivity index (χ2v) is 6.46. The maximum absolute atomic E-state index is 11.9. The smallest absolute Gasteiger partial charge is 0.302 e. The summed E-state index contributed by atoms with van der Waals surface area (Å²) in [6.45, 7) is 1.66. The van der Waals surface area contributed by atoms with E-state index in [4.69, 9.17) is 4.74 Å². The van der Waals surface area contributed by atoms with Gasteiger partial charge in [-0.05, 0) is 36.8 Å². The number of halogens is 1. The van der Waals surface area contributed by atoms with E-state index in [1.165, 1.54) is 0 Å². The van der Waals surface area contributed by atoms with Crippen molar-refractivity contribution in [1.82, 2.24) is 4.57 Å². The zero-order valence-electron chi connectivity index (χ0n) is 13.7. The number of carbonyl (C=O) groups excluding carboxylic acids is 1. The van der Waals surface area contributed by atoms with Crippen LogP contribution in [0.15, 0.2) is 57.2 Å². The van der Waals surface area contributed by atoms with E-state index in [-0.39, 0.29) is 18.2 Å². The number of aryl methyl sites for hydroxylation is 2. The average Bonchev–Trinajstić information content (AvgIpc) is 2.84. The van der Waals surface area contributed by atoms with Crippen molar-refractivity contribution in [3.63, 3.8) is 0 Å². The first-order chi connectivity index (χ1) is 12.0. The molecule has 0 spiro atoms. The highest BCUT2D eigenvalue weighted by Crippen LogP contribution is 2.37. The molecule has 1 amide bonds. The molecule has 7 heteroatoms. The number of amides is 1. The van der Waals surface area contributed by atoms with Crippen LogP contribution in [0, 0.1) is 6.92 Å². The Morgan fingerprint density at radius 3 is 2.80 bits per heavy atom. The van der Waals surface area contributed by atoms with Crippen LogP contribution in [-0.2, 0) is 11.8 Å². The number of benzene rings is 2. The summed E-state index contributed by atoms with van der Waals surface area (Å²) in [6, 6.07) is 12.9. The number of carbonyl (C=O) groups is 1. The van der Waals surface area contributed by atoms with Crippen LogP contribution in [0.4, 0.5) is 5.69 Å². The molecule has 0 aliphatic rings. The molecule has 0 fully saturated rings. The highest BCUT2D eigenvalue weighted by Gasteiger charge is 2.14. The van der Waals surface area contributed by atoms with Crippen molar-refractivity contribution in [2.45, 2.75) is 6.92 Å². The predicted molar refractivity (Wildman–Crippen MR) is 98.5 cm³/mol. The Kier molecular flexibility index (Phi) is 4.85. The van der Waals surface area contributed by atoms with E-state index >= 15 is 0 Å². The van der Waals surface area contributed by atoms with Crippen molar-refractivity contribution in [3.8, 4) is 11.6 Å². The minimum atomic E-state index is -0.533. The number of hydrogen-bond donors (Lipinski definition) is 1. The Bertz CT molecular complexity index is 979. The van der Waals surface area contributed by atoms with Gasteiger partial charge in [0.05, 0.1) is 5.52 Å². The van der Waals surface area contributed by atoms with Gasteiger partial charge in [0.25, 0.3) is 0 Å². The lowest BCUT2D eigenvalue weighted by Crippen LogP contribution is -2.08. The molecular weight excluding hydrogens is 386 g/mol. The number of hydrogen-bond acceptors (Lipinski definition) is 4. The second kappa shape index (κ2) is 7.06. The molecule has 3 aromatic rings. The van der Waals surface area contributed by atoms with Gasteiger partial charge in [-0.1, -0.05) is 34.1 Å². The lowest BCUT2D eigenvalue weighted by molar-refractivity contribution is -0.120. The largest absolute Gasteiger partial charge is 0.493 e. The maximum Gasteiger partial charge on any atom is 0.302 e. The van der Waals surface area contributed by atoms with Gasteiger partial charge in [0.1, 0.15) is 5.75 Å². The number of aromatic nitrogens is 1. The zero-order chi connectivity index (χ0) is 18.0. The van der Waals surface area contributed by atoms with Gasteiger partial charge in [-0.2, -0.15) is 0 Å². The summed E-state index contributed by atoms with van der Waals surface area (Å²) in [5, 5.41) is 18.5. The summed E-state index contributed by atoms with van der Waals surface area (Å²) in [4.78, 5) is 11.9. The van der Waals surface area contributed by atoms with Crippen LogP contribution in [0.2, 0.25) is 0 Å². The Labute approximate surface area is 152 Å². The fourth-order valence-corrected chi connectivity index (χ4v) is 2.98. The van der Waals surface area contributed by atoms with Gasteiger partial charge in [-0.25, -0.2) is 0 Å². The number of aromatic hydroxyl groups is 1. The van der Waals surface area contributed by atoms with E-state index in [0.29, 0.717) is 5.75 Å². The third kappa shape index (κ3) is 3.56. The Balaban J connectivity index is 1.74. The van der Waals surface area contributed by atoms with E-state index in [1.54, 1.807) is 17.7 Å². The average molecular weight is 402 g/mol. The van der Waals surface area contributed by atoms with Crippen LogP contribution in [0.25, 0.3) is 10.9 Å². The summed E-state index contributed by atoms with van der Waals surface area (Å²) in [7, 11) is 1.72. The molecule has 1 heterocycles. The fraction of sp³-hybridized carbons (Fsp3) is 0.167. The number of fused-ring (bicyclic) bond motifs is 1. The third-order valence-electron chi connectivity index (χ3n) is 3.80. The van der Waals surface area contributed by atoms with Crippen LogP contribution in [-0.4, -0.2) is 22.2 Å². The first-order valence-corrected chi connectivity index (χ1v) is 8.36. The van der Waals surface area contributed by atoms with Gasteiger partial charge in [0.15, 0.2) is 12.3 Å². The third-order valence-corrected chi connectivity index (χ3v) is 4.29. The summed E-state index contributed by atoms with van der Waals surface area (Å²) in [6.07, 6.45) is 0. The van der Waals surface area contributed by atoms with E-state index in [0.717, 1.165) is 20.9 Å². The summed E-state index contributed by atoms with van der Waals surface area (Å²) in [5.74, 6) is 0.0387. The number of ether oxygens (including phenoxy) is 1. The molecule has 0 unspecified atom stereocenters. The van der Waals surface area contributed by atoms with Crippen LogP contribution >= 0.6 is 15.9 Å². The summed E-state index contributed by atoms with van der Waals surface area (Å²) in [5.41, 5.74) is 1.99. The topological polar surface area (TPSA) is 76.2 Å². The molecule has 0 aliphatic carbocycles. The molecule has 0 saturated carbocycles. The predicted octanol–water partition coefficient (Wildman–Crippen LogP) is 4.64. The normalized spacial score (nSPS) is 11.3. The highest BCUT2D eigenvalue weighted by atomic mass is 79.9. The van der Waals surface area contributed by atoms with Crippen molar-refractivity contribution in [3.05, 3.63) is 52.5 Å². The van der Waals surface area contributed by atoms with Crippen LogP contribution < -0.4 is 4.74 Å². The van der Waals surface area contributed by atoms with Crippen molar-refractivity contribution >= 4 is 38.4 Å². The van der Waals surface area contributed by atoms with Crippen LogP contribution in [0.1, 0.15) is 5.56 Å². The van der Waals surface area contributed by atoms with Crippen molar-refractivity contribution < 1.29 is 14.6 Å². The molecule has 0 aliphatic heterocycles. The van der Waals surface area contributed by atoms with Gasteiger partial charge < -0.3 is 14.4 Å². The molecule has 2 aromatic carbocycles. The molecule has 6 nitrogen and oxygen atoms in total. The van der Waals surface area contributed by atoms with Crippen molar-refractivity contribution in [2.75, 3.05) is 6.61 Å². The van der Waals surface area contributed by atoms with Gasteiger partial charge >= 0.3 is 5.91 Å². The molecule has 0 saturated heterocycles. The fourth-order valence-electron chi connectivity index (χ4n) is 2.51. The minimum Gasteiger partial charge on any atom is -0.493 e. The highest BCUT2D eigenvalue weighted by molar-refractivity contribution is 9.10. The molecule has 1 aromatic heterocycles. The molecule has 1 N–H and O–H groups in total. The minimum absolute atomic E-state index is 0.0394. The number of nitrogens with zero attached hydrogens (tertiary/aromatic N) is 3. The Morgan fingerprint density at radius 2 is 2.04 bits per heavy atom. The van der Waals surface area contributed by atoms with Crippen molar-refractivity contribution in [1.29, 1.82) is 0 Å². The van der Waals surface area contributed by atoms with E-state index < -0.39 is 5.91 Å². The lowest BCUT2D eigenvalue weighted by atomic mass is 10.2. The molecule has 128 valence electrons. The Morgan fingerprint density at radius 1 is 1.28 bits per heavy atom. The summed E-state index contributed by atoms with van der Waals surface area (Å²) < 4.78 is 8.01. The first-order valence-electron chi connectivity index (χ1n) is 7.57. The Hall–Kier alpha value is -2.67. The molecular formula is C18H16BrN3O3. The first kappa shape index (κ1) is 17.2. The second-order valence-electron chi connectivity index (χ2n) is 5.54. The zero-order valence-corrected chi connectivity index (χ0v) is 15.3.